The summed E-state index contributed by atoms with van der Waals surface area (Å²) in [7, 11) is 0. The first-order valence-corrected chi connectivity index (χ1v) is 12.5. The van der Waals surface area contributed by atoms with Crippen molar-refractivity contribution in [1.82, 2.24) is 9.97 Å². The summed E-state index contributed by atoms with van der Waals surface area (Å²) in [5, 5.41) is 8.26. The number of aromatic nitrogens is 2. The van der Waals surface area contributed by atoms with Crippen molar-refractivity contribution in [2.75, 3.05) is 5.32 Å². The summed E-state index contributed by atoms with van der Waals surface area (Å²) >= 11 is 0. The normalized spacial score (nSPS) is 17.6. The third kappa shape index (κ3) is 5.56. The standard InChI is InChI=1S/C27H34F3N4/c1-4-10-18(5-2)24(19-15-16-19)31-17(3)32-26-21-12-7-9-14-23(21)33-25(34-26)20-11-6-8-13-22(20)27(28,29)30/h6,8,11,13,18-19,24H,3-5,7,9-10,12,14-16H2,1-2H3,(H,32,33,34)/q-1. The van der Waals surface area contributed by atoms with E-state index in [1.165, 1.54) is 25.0 Å². The number of nitrogens with one attached hydrogen (secondary N) is 1. The van der Waals surface area contributed by atoms with Gasteiger partial charge in [-0.05, 0) is 55.2 Å². The second-order valence-electron chi connectivity index (χ2n) is 9.56. The third-order valence-electron chi connectivity index (χ3n) is 7.00. The van der Waals surface area contributed by atoms with Gasteiger partial charge in [-0.15, -0.1) is 6.58 Å². The van der Waals surface area contributed by atoms with Crippen molar-refractivity contribution >= 4 is 5.82 Å². The van der Waals surface area contributed by atoms with Crippen molar-refractivity contribution in [2.45, 2.75) is 83.9 Å². The molecular formula is C27H34F3N4-. The van der Waals surface area contributed by atoms with E-state index in [1.807, 2.05) is 0 Å². The van der Waals surface area contributed by atoms with Crippen LogP contribution in [0.15, 0.2) is 36.7 Å². The number of benzene rings is 1. The maximum absolute atomic E-state index is 13.7. The highest BCUT2D eigenvalue weighted by Gasteiger charge is 2.35. The third-order valence-corrected chi connectivity index (χ3v) is 7.00. The zero-order valence-corrected chi connectivity index (χ0v) is 20.1. The van der Waals surface area contributed by atoms with Gasteiger partial charge in [0.1, 0.15) is 0 Å². The van der Waals surface area contributed by atoms with E-state index >= 15 is 0 Å². The Labute approximate surface area is 200 Å². The molecule has 1 N–H and O–H groups in total. The lowest BCUT2D eigenvalue weighted by atomic mass is 9.89. The van der Waals surface area contributed by atoms with Gasteiger partial charge in [-0.2, -0.15) is 13.2 Å². The maximum atomic E-state index is 13.7. The summed E-state index contributed by atoms with van der Waals surface area (Å²) in [6.07, 6.45) is 4.75. The van der Waals surface area contributed by atoms with Gasteiger partial charge in [-0.1, -0.05) is 70.0 Å². The molecule has 2 aromatic rings. The van der Waals surface area contributed by atoms with Gasteiger partial charge >= 0.3 is 6.18 Å². The molecule has 0 saturated heterocycles. The lowest BCUT2D eigenvalue weighted by molar-refractivity contribution is -0.137. The molecule has 0 spiro atoms. The Kier molecular flexibility index (Phi) is 7.48. The highest BCUT2D eigenvalue weighted by atomic mass is 19.4. The number of rotatable bonds is 10. The SMILES string of the molecule is C=C([N-]C(C(CC)CCC)C1CC1)Nc1nc(-c2ccccc2C(F)(F)F)nc2c1CCCC2. The van der Waals surface area contributed by atoms with Crippen LogP contribution < -0.4 is 5.32 Å². The largest absolute Gasteiger partial charge is 0.462 e. The zero-order chi connectivity index (χ0) is 24.3. The Balaban J connectivity index is 1.64. The molecule has 0 radical (unpaired) electrons. The average Bonchev–Trinajstić information content (AvgIpc) is 3.66. The van der Waals surface area contributed by atoms with Crippen molar-refractivity contribution in [3.8, 4) is 11.4 Å². The fourth-order valence-corrected chi connectivity index (χ4v) is 5.11. The molecule has 1 aromatic carbocycles. The number of hydrogen-bond acceptors (Lipinski definition) is 3. The van der Waals surface area contributed by atoms with Gasteiger partial charge in [0.2, 0.25) is 0 Å². The van der Waals surface area contributed by atoms with E-state index in [0.717, 1.165) is 62.3 Å². The van der Waals surface area contributed by atoms with Crippen molar-refractivity contribution < 1.29 is 13.2 Å². The molecule has 0 aliphatic heterocycles. The maximum Gasteiger partial charge on any atom is 0.417 e. The summed E-state index contributed by atoms with van der Waals surface area (Å²) in [5.74, 6) is 2.30. The molecule has 2 atom stereocenters. The molecule has 7 heteroatoms. The Hall–Kier alpha value is -2.57. The van der Waals surface area contributed by atoms with Crippen LogP contribution in [0.2, 0.25) is 0 Å². The highest BCUT2D eigenvalue weighted by Crippen LogP contribution is 2.43. The van der Waals surface area contributed by atoms with Gasteiger partial charge in [-0.25, -0.2) is 9.97 Å². The van der Waals surface area contributed by atoms with E-state index in [-0.39, 0.29) is 17.4 Å². The van der Waals surface area contributed by atoms with Crippen LogP contribution in [-0.4, -0.2) is 16.0 Å². The van der Waals surface area contributed by atoms with Crippen LogP contribution in [0.4, 0.5) is 19.0 Å². The van der Waals surface area contributed by atoms with Crippen molar-refractivity contribution in [2.24, 2.45) is 11.8 Å². The molecule has 1 heterocycles. The Bertz CT molecular complexity index is 1010. The first-order valence-electron chi connectivity index (χ1n) is 12.5. The molecule has 2 aliphatic rings. The number of hydrogen-bond donors (Lipinski definition) is 1. The van der Waals surface area contributed by atoms with Crippen molar-refractivity contribution in [3.05, 3.63) is 58.8 Å². The van der Waals surface area contributed by atoms with Gasteiger partial charge in [0.05, 0.1) is 11.4 Å². The van der Waals surface area contributed by atoms with E-state index in [0.29, 0.717) is 23.5 Å². The predicted molar refractivity (Wildman–Crippen MR) is 130 cm³/mol. The molecule has 1 saturated carbocycles. The minimum Gasteiger partial charge on any atom is -0.462 e. The first-order chi connectivity index (χ1) is 16.3. The van der Waals surface area contributed by atoms with Crippen molar-refractivity contribution in [3.63, 3.8) is 0 Å². The highest BCUT2D eigenvalue weighted by molar-refractivity contribution is 5.65. The van der Waals surface area contributed by atoms with Crippen LogP contribution in [0.3, 0.4) is 0 Å². The summed E-state index contributed by atoms with van der Waals surface area (Å²) in [5.41, 5.74) is 1.07. The van der Waals surface area contributed by atoms with Gasteiger partial charge < -0.3 is 10.6 Å². The number of nitrogens with zero attached hydrogens (tertiary/aromatic N) is 3. The Morgan fingerprint density at radius 3 is 2.56 bits per heavy atom. The summed E-state index contributed by atoms with van der Waals surface area (Å²) in [6.45, 7) is 8.58. The monoisotopic (exact) mass is 471 g/mol. The number of anilines is 1. The van der Waals surface area contributed by atoms with Gasteiger partial charge in [0, 0.05) is 11.3 Å². The van der Waals surface area contributed by atoms with E-state index in [4.69, 9.17) is 5.32 Å². The fraction of sp³-hybridized carbons (Fsp3) is 0.556. The van der Waals surface area contributed by atoms with Crippen molar-refractivity contribution in [1.29, 1.82) is 0 Å². The Morgan fingerprint density at radius 2 is 1.88 bits per heavy atom. The van der Waals surface area contributed by atoms with Crippen LogP contribution in [-0.2, 0) is 19.0 Å². The van der Waals surface area contributed by atoms with Crippen LogP contribution in [0.25, 0.3) is 16.7 Å². The summed E-state index contributed by atoms with van der Waals surface area (Å²) < 4.78 is 41.0. The average molecular weight is 472 g/mol. The fourth-order valence-electron chi connectivity index (χ4n) is 5.11. The summed E-state index contributed by atoms with van der Waals surface area (Å²) in [6, 6.07) is 5.73. The quantitative estimate of drug-likeness (QED) is 0.383. The molecule has 34 heavy (non-hydrogen) atoms. The Morgan fingerprint density at radius 1 is 1.15 bits per heavy atom. The lowest BCUT2D eigenvalue weighted by Gasteiger charge is -2.36. The number of aryl methyl sites for hydroxylation is 1. The summed E-state index contributed by atoms with van der Waals surface area (Å²) in [4.78, 5) is 9.18. The van der Waals surface area contributed by atoms with Gasteiger partial charge in [0.25, 0.3) is 0 Å². The first kappa shape index (κ1) is 24.6. The molecule has 0 amide bonds. The van der Waals surface area contributed by atoms with Gasteiger partial charge in [-0.3, -0.25) is 0 Å². The molecule has 1 aromatic heterocycles. The topological polar surface area (TPSA) is 51.9 Å². The molecular weight excluding hydrogens is 437 g/mol. The van der Waals surface area contributed by atoms with E-state index < -0.39 is 11.7 Å². The van der Waals surface area contributed by atoms with E-state index in [1.54, 1.807) is 6.07 Å². The van der Waals surface area contributed by atoms with E-state index in [2.05, 4.69) is 35.7 Å². The zero-order valence-electron chi connectivity index (χ0n) is 20.1. The molecule has 2 unspecified atom stereocenters. The number of fused-ring (bicyclic) bond motifs is 1. The molecule has 0 bridgehead atoms. The van der Waals surface area contributed by atoms with Crippen LogP contribution >= 0.6 is 0 Å². The number of alkyl halides is 3. The molecule has 184 valence electrons. The molecule has 1 fully saturated rings. The second-order valence-corrected chi connectivity index (χ2v) is 9.56. The molecule has 4 rings (SSSR count). The van der Waals surface area contributed by atoms with Crippen LogP contribution in [0.5, 0.6) is 0 Å². The number of halogens is 3. The predicted octanol–water partition coefficient (Wildman–Crippen LogP) is 7.90. The minimum atomic E-state index is -4.48. The van der Waals surface area contributed by atoms with Crippen LogP contribution in [0.1, 0.15) is 75.6 Å². The van der Waals surface area contributed by atoms with E-state index in [9.17, 15) is 13.2 Å². The molecule has 4 nitrogen and oxygen atoms in total. The molecule has 2 aliphatic carbocycles. The lowest BCUT2D eigenvalue weighted by Crippen LogP contribution is -2.23. The minimum absolute atomic E-state index is 0.00109. The van der Waals surface area contributed by atoms with Crippen LogP contribution in [0, 0.1) is 11.8 Å². The van der Waals surface area contributed by atoms with Gasteiger partial charge in [0.15, 0.2) is 5.82 Å². The second kappa shape index (κ2) is 10.4. The smallest absolute Gasteiger partial charge is 0.417 e.